The van der Waals surface area contributed by atoms with Crippen molar-refractivity contribution in [2.75, 3.05) is 5.32 Å². The summed E-state index contributed by atoms with van der Waals surface area (Å²) in [5.41, 5.74) is 3.97. The Balaban J connectivity index is 2.11. The fraction of sp³-hybridized carbons (Fsp3) is 0.382. The van der Waals surface area contributed by atoms with Crippen LogP contribution in [0.25, 0.3) is 0 Å². The summed E-state index contributed by atoms with van der Waals surface area (Å²) in [7, 11) is 0. The van der Waals surface area contributed by atoms with E-state index in [0.717, 1.165) is 22.3 Å². The summed E-state index contributed by atoms with van der Waals surface area (Å²) < 4.78 is 5.51. The molecule has 0 bridgehead atoms. The Morgan fingerprint density at radius 1 is 0.905 bits per heavy atom. The lowest BCUT2D eigenvalue weighted by atomic mass is 9.94. The van der Waals surface area contributed by atoms with Gasteiger partial charge in [-0.2, -0.15) is 0 Å². The minimum atomic E-state index is -1.01. The van der Waals surface area contributed by atoms with Crippen molar-refractivity contribution in [1.29, 1.82) is 0 Å². The van der Waals surface area contributed by atoms with Crippen molar-refractivity contribution >= 4 is 35.2 Å². The van der Waals surface area contributed by atoms with Crippen molar-refractivity contribution in [3.8, 4) is 0 Å². The van der Waals surface area contributed by atoms with E-state index in [0.29, 0.717) is 16.3 Å². The first-order chi connectivity index (χ1) is 19.7. The topological polar surface area (TPSA) is 87.7 Å². The van der Waals surface area contributed by atoms with Crippen LogP contribution in [-0.2, 0) is 20.7 Å². The molecule has 2 unspecified atom stereocenters. The molecule has 0 saturated carbocycles. The van der Waals surface area contributed by atoms with Crippen molar-refractivity contribution < 1.29 is 19.1 Å². The van der Waals surface area contributed by atoms with Crippen LogP contribution in [0.4, 0.5) is 10.5 Å². The number of benzene rings is 3. The highest BCUT2D eigenvalue weighted by Gasteiger charge is 2.38. The third-order valence-electron chi connectivity index (χ3n) is 6.80. The lowest BCUT2D eigenvalue weighted by Crippen LogP contribution is -2.55. The van der Waals surface area contributed by atoms with Gasteiger partial charge < -0.3 is 20.3 Å². The summed E-state index contributed by atoms with van der Waals surface area (Å²) in [4.78, 5) is 43.2. The second kappa shape index (κ2) is 13.9. The van der Waals surface area contributed by atoms with Crippen molar-refractivity contribution in [3.05, 3.63) is 99.6 Å². The fourth-order valence-electron chi connectivity index (χ4n) is 4.89. The van der Waals surface area contributed by atoms with Crippen molar-refractivity contribution in [3.63, 3.8) is 0 Å². The number of ether oxygens (including phenoxy) is 1. The number of anilines is 1. The predicted molar refractivity (Wildman–Crippen MR) is 169 cm³/mol. The molecule has 224 valence electrons. The van der Waals surface area contributed by atoms with Gasteiger partial charge in [0.2, 0.25) is 5.91 Å². The highest BCUT2D eigenvalue weighted by Crippen LogP contribution is 2.32. The van der Waals surface area contributed by atoms with E-state index in [1.54, 1.807) is 31.7 Å². The summed E-state index contributed by atoms with van der Waals surface area (Å²) in [5.74, 6) is -0.813. The molecule has 0 aliphatic rings. The Kier molecular flexibility index (Phi) is 10.8. The Hall–Kier alpha value is -3.84. The van der Waals surface area contributed by atoms with Crippen LogP contribution in [0.2, 0.25) is 5.02 Å². The molecule has 3 amide bonds. The molecule has 3 aromatic rings. The molecular formula is C34H42ClN3O4. The summed E-state index contributed by atoms with van der Waals surface area (Å²) >= 11 is 6.48. The van der Waals surface area contributed by atoms with Crippen molar-refractivity contribution in [2.45, 2.75) is 85.5 Å². The predicted octanol–water partition coefficient (Wildman–Crippen LogP) is 7.32. The average Bonchev–Trinajstić information content (AvgIpc) is 2.88. The second-order valence-corrected chi connectivity index (χ2v) is 12.3. The third kappa shape index (κ3) is 8.58. The number of aryl methyl sites for hydroxylation is 3. The molecule has 0 heterocycles. The number of halogens is 1. The van der Waals surface area contributed by atoms with Crippen LogP contribution in [0.3, 0.4) is 0 Å². The number of para-hydroxylation sites is 1. The minimum Gasteiger partial charge on any atom is -0.444 e. The first-order valence-corrected chi connectivity index (χ1v) is 14.5. The summed E-state index contributed by atoms with van der Waals surface area (Å²) in [6, 6.07) is 18.2. The van der Waals surface area contributed by atoms with Gasteiger partial charge in [-0.15, -0.1) is 0 Å². The average molecular weight is 592 g/mol. The van der Waals surface area contributed by atoms with Gasteiger partial charge in [-0.05, 0) is 83.7 Å². The molecule has 0 spiro atoms. The first-order valence-electron chi connectivity index (χ1n) is 14.2. The molecule has 8 heteroatoms. The maximum atomic E-state index is 14.5. The van der Waals surface area contributed by atoms with Crippen LogP contribution in [-0.4, -0.2) is 40.5 Å². The normalized spacial score (nSPS) is 12.8. The Labute approximate surface area is 254 Å². The van der Waals surface area contributed by atoms with E-state index in [2.05, 4.69) is 10.6 Å². The molecule has 0 radical (unpaired) electrons. The second-order valence-electron chi connectivity index (χ2n) is 11.9. The molecule has 7 nitrogen and oxygen atoms in total. The molecule has 0 saturated heterocycles. The minimum absolute atomic E-state index is 0.215. The quantitative estimate of drug-likeness (QED) is 0.273. The van der Waals surface area contributed by atoms with E-state index < -0.39 is 41.6 Å². The van der Waals surface area contributed by atoms with E-state index in [1.807, 2.05) is 95.3 Å². The number of hydrogen-bond donors (Lipinski definition) is 2. The summed E-state index contributed by atoms with van der Waals surface area (Å²) in [6.07, 6.45) is -0.493. The molecule has 0 fully saturated rings. The van der Waals surface area contributed by atoms with E-state index >= 15 is 0 Å². The third-order valence-corrected chi connectivity index (χ3v) is 7.11. The molecule has 2 atom stereocenters. The van der Waals surface area contributed by atoms with Gasteiger partial charge >= 0.3 is 6.09 Å². The largest absolute Gasteiger partial charge is 0.444 e. The standard InChI is InChI=1S/C34H42ClN3O4/c1-21(2)38(32(40)28(20-25-14-10-9-11-15-25)36-33(41)42-34(6,7)8)30(26-18-17-22(3)19-24(26)5)31(39)37-29-23(4)13-12-16-27(29)35/h9-19,21,28,30H,20H2,1-8H3,(H,36,41)(H,37,39). The lowest BCUT2D eigenvalue weighted by molar-refractivity contribution is -0.142. The molecule has 2 N–H and O–H groups in total. The van der Waals surface area contributed by atoms with Crippen LogP contribution in [0, 0.1) is 20.8 Å². The molecule has 0 aliphatic heterocycles. The molecular weight excluding hydrogens is 550 g/mol. The molecule has 3 aromatic carbocycles. The van der Waals surface area contributed by atoms with Crippen LogP contribution in [0.1, 0.15) is 68.5 Å². The Morgan fingerprint density at radius 2 is 1.57 bits per heavy atom. The number of nitrogens with one attached hydrogen (secondary N) is 2. The van der Waals surface area contributed by atoms with E-state index in [1.165, 1.54) is 0 Å². The Morgan fingerprint density at radius 3 is 2.14 bits per heavy atom. The van der Waals surface area contributed by atoms with E-state index in [4.69, 9.17) is 16.3 Å². The molecule has 0 aromatic heterocycles. The molecule has 42 heavy (non-hydrogen) atoms. The molecule has 3 rings (SSSR count). The molecule has 0 aliphatic carbocycles. The van der Waals surface area contributed by atoms with Crippen molar-refractivity contribution in [1.82, 2.24) is 10.2 Å². The lowest BCUT2D eigenvalue weighted by Gasteiger charge is -2.38. The highest BCUT2D eigenvalue weighted by atomic mass is 35.5. The zero-order valence-electron chi connectivity index (χ0n) is 25.7. The highest BCUT2D eigenvalue weighted by molar-refractivity contribution is 6.34. The van der Waals surface area contributed by atoms with Gasteiger partial charge in [0.1, 0.15) is 17.7 Å². The number of nitrogens with zero attached hydrogens (tertiary/aromatic N) is 1. The smallest absolute Gasteiger partial charge is 0.408 e. The van der Waals surface area contributed by atoms with Gasteiger partial charge in [0.05, 0.1) is 10.7 Å². The maximum absolute atomic E-state index is 14.5. The van der Waals surface area contributed by atoms with Crippen LogP contribution >= 0.6 is 11.6 Å². The van der Waals surface area contributed by atoms with Gasteiger partial charge in [-0.3, -0.25) is 9.59 Å². The van der Waals surface area contributed by atoms with Gasteiger partial charge in [-0.1, -0.05) is 77.8 Å². The number of amides is 3. The Bertz CT molecular complexity index is 1400. The van der Waals surface area contributed by atoms with Gasteiger partial charge in [0.25, 0.3) is 5.91 Å². The van der Waals surface area contributed by atoms with E-state index in [9.17, 15) is 14.4 Å². The zero-order valence-corrected chi connectivity index (χ0v) is 26.5. The van der Waals surface area contributed by atoms with Gasteiger partial charge in [0, 0.05) is 12.5 Å². The fourth-order valence-corrected chi connectivity index (χ4v) is 5.16. The number of carbonyl (C=O) groups is 3. The number of carbonyl (C=O) groups excluding carboxylic acids is 3. The van der Waals surface area contributed by atoms with Crippen molar-refractivity contribution in [2.24, 2.45) is 0 Å². The van der Waals surface area contributed by atoms with E-state index in [-0.39, 0.29) is 6.42 Å². The monoisotopic (exact) mass is 591 g/mol. The number of rotatable bonds is 9. The summed E-state index contributed by atoms with van der Waals surface area (Å²) in [6.45, 7) is 14.8. The summed E-state index contributed by atoms with van der Waals surface area (Å²) in [5, 5.41) is 6.18. The van der Waals surface area contributed by atoms with Gasteiger partial charge in [0.15, 0.2) is 0 Å². The van der Waals surface area contributed by atoms with Crippen LogP contribution in [0.5, 0.6) is 0 Å². The number of hydrogen-bond acceptors (Lipinski definition) is 4. The van der Waals surface area contributed by atoms with Crippen LogP contribution < -0.4 is 10.6 Å². The first kappa shape index (κ1) is 32.7. The maximum Gasteiger partial charge on any atom is 0.408 e. The van der Waals surface area contributed by atoms with Crippen LogP contribution in [0.15, 0.2) is 66.7 Å². The zero-order chi connectivity index (χ0) is 31.2. The SMILES string of the molecule is Cc1ccc(C(C(=O)Nc2c(C)cccc2Cl)N(C(=O)C(Cc2ccccc2)NC(=O)OC(C)(C)C)C(C)C)c(C)c1. The van der Waals surface area contributed by atoms with Gasteiger partial charge in [-0.25, -0.2) is 4.79 Å². The number of alkyl carbamates (subject to hydrolysis) is 1.